The first-order valence-corrected chi connectivity index (χ1v) is 4.93. The van der Waals surface area contributed by atoms with E-state index in [0.717, 1.165) is 11.9 Å². The second kappa shape index (κ2) is 6.37. The average Bonchev–Trinajstić information content (AvgIpc) is 2.11. The molecule has 0 aromatic carbocycles. The van der Waals surface area contributed by atoms with E-state index in [-0.39, 0.29) is 0 Å². The molecule has 0 aliphatic rings. The van der Waals surface area contributed by atoms with Crippen molar-refractivity contribution in [1.82, 2.24) is 0 Å². The summed E-state index contributed by atoms with van der Waals surface area (Å²) in [6.07, 6.45) is 2.57. The summed E-state index contributed by atoms with van der Waals surface area (Å²) in [6.45, 7) is 3.59. The summed E-state index contributed by atoms with van der Waals surface area (Å²) < 4.78 is 1.84. The van der Waals surface area contributed by atoms with Gasteiger partial charge in [-0.25, -0.2) is 0 Å². The molecular formula is C9H13IO2. The molecule has 0 aliphatic heterocycles. The minimum absolute atomic E-state index is 0.461. The molecule has 0 heterocycles. The molecule has 2 nitrogen and oxygen atoms in total. The molecule has 0 saturated carbocycles. The number of hydrogen-bond acceptors (Lipinski definition) is 2. The van der Waals surface area contributed by atoms with Gasteiger partial charge in [0.05, 0.1) is 6.10 Å². The number of carbonyl (C=O) groups excluding carboxylic acids is 1. The Labute approximate surface area is 86.5 Å². The Hall–Kier alpha value is -0.160. The SMILES string of the molecule is C/C(C=O)=C\C[C@@H](O)/C(C)=C/I. The zero-order chi connectivity index (χ0) is 9.56. The quantitative estimate of drug-likeness (QED) is 0.487. The highest BCUT2D eigenvalue weighted by Gasteiger charge is 2.02. The van der Waals surface area contributed by atoms with Crippen LogP contribution in [0.2, 0.25) is 0 Å². The molecule has 0 radical (unpaired) electrons. The second-order valence-corrected chi connectivity index (χ2v) is 3.29. The van der Waals surface area contributed by atoms with Crippen molar-refractivity contribution in [3.05, 3.63) is 21.3 Å². The molecule has 0 amide bonds. The first-order valence-electron chi connectivity index (χ1n) is 3.68. The van der Waals surface area contributed by atoms with Gasteiger partial charge in [-0.3, -0.25) is 4.79 Å². The zero-order valence-corrected chi connectivity index (χ0v) is 9.41. The summed E-state index contributed by atoms with van der Waals surface area (Å²) in [5.74, 6) is 0. The molecule has 0 bridgehead atoms. The van der Waals surface area contributed by atoms with Gasteiger partial charge in [0.25, 0.3) is 0 Å². The van der Waals surface area contributed by atoms with E-state index in [1.807, 2.05) is 11.0 Å². The average molecular weight is 280 g/mol. The molecular weight excluding hydrogens is 267 g/mol. The van der Waals surface area contributed by atoms with Crippen molar-refractivity contribution in [3.8, 4) is 0 Å². The molecule has 12 heavy (non-hydrogen) atoms. The third-order valence-electron chi connectivity index (χ3n) is 1.55. The van der Waals surface area contributed by atoms with Gasteiger partial charge in [0.15, 0.2) is 0 Å². The predicted octanol–water partition coefficient (Wildman–Crippen LogP) is 2.22. The van der Waals surface area contributed by atoms with Crippen LogP contribution in [-0.4, -0.2) is 17.5 Å². The van der Waals surface area contributed by atoms with Gasteiger partial charge in [-0.1, -0.05) is 28.7 Å². The molecule has 0 fully saturated rings. The number of hydrogen-bond donors (Lipinski definition) is 1. The Balaban J connectivity index is 4.02. The van der Waals surface area contributed by atoms with Crippen LogP contribution in [0, 0.1) is 0 Å². The lowest BCUT2D eigenvalue weighted by molar-refractivity contribution is -0.104. The molecule has 68 valence electrons. The fourth-order valence-corrected chi connectivity index (χ4v) is 1.02. The maximum absolute atomic E-state index is 10.2. The van der Waals surface area contributed by atoms with Gasteiger partial charge in [-0.05, 0) is 35.5 Å². The molecule has 0 rings (SSSR count). The van der Waals surface area contributed by atoms with Gasteiger partial charge in [0.1, 0.15) is 6.29 Å². The summed E-state index contributed by atoms with van der Waals surface area (Å²) in [5, 5.41) is 9.43. The number of aliphatic hydroxyl groups is 1. The Morgan fingerprint density at radius 1 is 1.58 bits per heavy atom. The van der Waals surface area contributed by atoms with E-state index >= 15 is 0 Å². The summed E-state index contributed by atoms with van der Waals surface area (Å²) in [5.41, 5.74) is 1.58. The van der Waals surface area contributed by atoms with Gasteiger partial charge in [-0.15, -0.1) is 0 Å². The number of aldehydes is 1. The van der Waals surface area contributed by atoms with E-state index in [9.17, 15) is 9.90 Å². The van der Waals surface area contributed by atoms with Crippen LogP contribution in [0.25, 0.3) is 0 Å². The van der Waals surface area contributed by atoms with Gasteiger partial charge in [0.2, 0.25) is 0 Å². The molecule has 0 aromatic heterocycles. The van der Waals surface area contributed by atoms with E-state index in [1.165, 1.54) is 0 Å². The molecule has 0 unspecified atom stereocenters. The van der Waals surface area contributed by atoms with Crippen molar-refractivity contribution in [3.63, 3.8) is 0 Å². The maximum atomic E-state index is 10.2. The third-order valence-corrected chi connectivity index (χ3v) is 2.53. The number of aliphatic hydroxyl groups excluding tert-OH is 1. The van der Waals surface area contributed by atoms with E-state index in [0.29, 0.717) is 12.0 Å². The van der Waals surface area contributed by atoms with Crippen LogP contribution in [0.3, 0.4) is 0 Å². The Morgan fingerprint density at radius 2 is 2.17 bits per heavy atom. The monoisotopic (exact) mass is 280 g/mol. The molecule has 3 heteroatoms. The van der Waals surface area contributed by atoms with E-state index < -0.39 is 6.10 Å². The van der Waals surface area contributed by atoms with Crippen LogP contribution in [0.1, 0.15) is 20.3 Å². The lowest BCUT2D eigenvalue weighted by Gasteiger charge is -2.06. The summed E-state index contributed by atoms with van der Waals surface area (Å²) >= 11 is 2.08. The fraction of sp³-hybridized carbons (Fsp3) is 0.444. The first kappa shape index (κ1) is 11.8. The van der Waals surface area contributed by atoms with Crippen molar-refractivity contribution in [2.24, 2.45) is 0 Å². The number of allylic oxidation sites excluding steroid dienone is 1. The Bertz CT molecular complexity index is 207. The maximum Gasteiger partial charge on any atom is 0.145 e. The molecule has 0 aliphatic carbocycles. The van der Waals surface area contributed by atoms with E-state index in [4.69, 9.17) is 0 Å². The number of rotatable bonds is 4. The number of halogens is 1. The van der Waals surface area contributed by atoms with E-state index in [1.54, 1.807) is 13.0 Å². The van der Waals surface area contributed by atoms with Crippen LogP contribution in [0.15, 0.2) is 21.3 Å². The van der Waals surface area contributed by atoms with Crippen LogP contribution >= 0.6 is 22.6 Å². The molecule has 0 saturated heterocycles. The third kappa shape index (κ3) is 4.66. The Kier molecular flexibility index (Phi) is 6.28. The lowest BCUT2D eigenvalue weighted by Crippen LogP contribution is -2.05. The number of carbonyl (C=O) groups is 1. The van der Waals surface area contributed by atoms with Crippen LogP contribution in [-0.2, 0) is 4.79 Å². The van der Waals surface area contributed by atoms with Gasteiger partial charge in [0, 0.05) is 0 Å². The fourth-order valence-electron chi connectivity index (χ4n) is 0.604. The summed E-state index contributed by atoms with van der Waals surface area (Å²) in [6, 6.07) is 0. The highest BCUT2D eigenvalue weighted by Crippen LogP contribution is 2.09. The smallest absolute Gasteiger partial charge is 0.145 e. The topological polar surface area (TPSA) is 37.3 Å². The summed E-state index contributed by atoms with van der Waals surface area (Å²) in [7, 11) is 0. The highest BCUT2D eigenvalue weighted by atomic mass is 127. The van der Waals surface area contributed by atoms with Gasteiger partial charge in [-0.2, -0.15) is 0 Å². The predicted molar refractivity (Wildman–Crippen MR) is 58.2 cm³/mol. The molecule has 1 atom stereocenters. The second-order valence-electron chi connectivity index (χ2n) is 2.67. The lowest BCUT2D eigenvalue weighted by atomic mass is 10.1. The molecule has 0 aromatic rings. The highest BCUT2D eigenvalue weighted by molar-refractivity contribution is 14.1. The van der Waals surface area contributed by atoms with Crippen LogP contribution < -0.4 is 0 Å². The molecule has 0 spiro atoms. The molecule has 1 N–H and O–H groups in total. The van der Waals surface area contributed by atoms with Crippen LogP contribution in [0.4, 0.5) is 0 Å². The normalized spacial score (nSPS) is 16.0. The van der Waals surface area contributed by atoms with E-state index in [2.05, 4.69) is 22.6 Å². The van der Waals surface area contributed by atoms with Gasteiger partial charge < -0.3 is 5.11 Å². The van der Waals surface area contributed by atoms with Crippen molar-refractivity contribution in [1.29, 1.82) is 0 Å². The zero-order valence-electron chi connectivity index (χ0n) is 7.25. The minimum atomic E-state index is -0.461. The van der Waals surface area contributed by atoms with Crippen molar-refractivity contribution < 1.29 is 9.90 Å². The standard InChI is InChI=1S/C9H13IO2/c1-7(6-11)3-4-9(12)8(2)5-10/h3,5-6,9,12H,4H2,1-2H3/b7-3+,8-5+/t9-/m1/s1. The van der Waals surface area contributed by atoms with Crippen molar-refractivity contribution in [2.75, 3.05) is 0 Å². The van der Waals surface area contributed by atoms with Crippen molar-refractivity contribution >= 4 is 28.9 Å². The minimum Gasteiger partial charge on any atom is -0.388 e. The van der Waals surface area contributed by atoms with Crippen molar-refractivity contribution in [2.45, 2.75) is 26.4 Å². The van der Waals surface area contributed by atoms with Gasteiger partial charge >= 0.3 is 0 Å². The summed E-state index contributed by atoms with van der Waals surface area (Å²) in [4.78, 5) is 10.2. The Morgan fingerprint density at radius 3 is 2.58 bits per heavy atom. The largest absolute Gasteiger partial charge is 0.388 e. The van der Waals surface area contributed by atoms with Crippen LogP contribution in [0.5, 0.6) is 0 Å². The first-order chi connectivity index (χ1) is 5.61.